The molecule has 1 amide bonds. The molecule has 9 nitrogen and oxygen atoms in total. The summed E-state index contributed by atoms with van der Waals surface area (Å²) in [7, 11) is 1.86. The minimum absolute atomic E-state index is 0.119. The van der Waals surface area contributed by atoms with Crippen molar-refractivity contribution in [3.63, 3.8) is 0 Å². The predicted molar refractivity (Wildman–Crippen MR) is 107 cm³/mol. The molecule has 0 unspecified atom stereocenters. The molecule has 6 rings (SSSR count). The fourth-order valence-electron chi connectivity index (χ4n) is 4.28. The van der Waals surface area contributed by atoms with Gasteiger partial charge in [0.2, 0.25) is 11.9 Å². The summed E-state index contributed by atoms with van der Waals surface area (Å²) in [6.45, 7) is 0. The number of nitrogens with one attached hydrogen (secondary N) is 2. The summed E-state index contributed by atoms with van der Waals surface area (Å²) in [4.78, 5) is 21.5. The molecule has 0 atom stereocenters. The summed E-state index contributed by atoms with van der Waals surface area (Å²) in [5, 5.41) is 15.0. The lowest BCUT2D eigenvalue weighted by Gasteiger charge is -2.36. The predicted octanol–water partition coefficient (Wildman–Crippen LogP) is 2.64. The van der Waals surface area contributed by atoms with Crippen LogP contribution in [0.4, 0.5) is 17.3 Å². The second-order valence-corrected chi connectivity index (χ2v) is 7.66. The standard InChI is InChI=1S/C20H18N8O/c1-27-11-12(10-22-27)16-17-25-19(26-28(17)8-7-21-16)23-13-3-4-14-15(9-13)24-18(29)20(14)5-2-6-20/h3-4,7-11H,2,5-6H2,1H3,(H,23,26)(H,24,29). The summed E-state index contributed by atoms with van der Waals surface area (Å²) in [6.07, 6.45) is 10.1. The van der Waals surface area contributed by atoms with Gasteiger partial charge in [0.05, 0.1) is 11.6 Å². The van der Waals surface area contributed by atoms with E-state index in [4.69, 9.17) is 0 Å². The summed E-state index contributed by atoms with van der Waals surface area (Å²) in [6, 6.07) is 5.96. The van der Waals surface area contributed by atoms with Crippen molar-refractivity contribution in [2.24, 2.45) is 7.05 Å². The zero-order valence-corrected chi connectivity index (χ0v) is 15.8. The Bertz CT molecular complexity index is 1280. The van der Waals surface area contributed by atoms with E-state index >= 15 is 0 Å². The topological polar surface area (TPSA) is 102 Å². The number of carbonyl (C=O) groups excluding carboxylic acids is 1. The Balaban J connectivity index is 1.35. The van der Waals surface area contributed by atoms with Gasteiger partial charge in [-0.25, -0.2) is 4.52 Å². The summed E-state index contributed by atoms with van der Waals surface area (Å²) in [5.74, 6) is 0.583. The maximum Gasteiger partial charge on any atom is 0.247 e. The quantitative estimate of drug-likeness (QED) is 0.561. The largest absolute Gasteiger partial charge is 0.325 e. The molecule has 1 fully saturated rings. The third-order valence-corrected chi connectivity index (χ3v) is 5.91. The highest BCUT2D eigenvalue weighted by atomic mass is 16.2. The van der Waals surface area contributed by atoms with Gasteiger partial charge in [0.1, 0.15) is 5.69 Å². The van der Waals surface area contributed by atoms with E-state index in [0.29, 0.717) is 17.3 Å². The second kappa shape index (κ2) is 5.63. The van der Waals surface area contributed by atoms with Crippen molar-refractivity contribution in [2.75, 3.05) is 10.6 Å². The molecule has 9 heteroatoms. The number of nitrogens with zero attached hydrogens (tertiary/aromatic N) is 6. The van der Waals surface area contributed by atoms with Crippen molar-refractivity contribution in [2.45, 2.75) is 24.7 Å². The molecule has 29 heavy (non-hydrogen) atoms. The molecule has 0 radical (unpaired) electrons. The van der Waals surface area contributed by atoms with Crippen LogP contribution in [-0.2, 0) is 17.3 Å². The lowest BCUT2D eigenvalue weighted by atomic mass is 9.65. The molecule has 1 spiro atoms. The van der Waals surface area contributed by atoms with E-state index in [-0.39, 0.29) is 11.3 Å². The van der Waals surface area contributed by atoms with Crippen molar-refractivity contribution in [3.05, 3.63) is 48.5 Å². The van der Waals surface area contributed by atoms with Gasteiger partial charge in [-0.15, -0.1) is 5.10 Å². The molecule has 3 aromatic heterocycles. The highest BCUT2D eigenvalue weighted by Gasteiger charge is 2.50. The van der Waals surface area contributed by atoms with E-state index in [1.165, 1.54) is 0 Å². The fourth-order valence-corrected chi connectivity index (χ4v) is 4.28. The van der Waals surface area contributed by atoms with Gasteiger partial charge in [0.25, 0.3) is 0 Å². The molecule has 0 saturated heterocycles. The summed E-state index contributed by atoms with van der Waals surface area (Å²) in [5.41, 5.74) is 4.74. The van der Waals surface area contributed by atoms with Crippen LogP contribution in [0.5, 0.6) is 0 Å². The molecule has 0 bridgehead atoms. The van der Waals surface area contributed by atoms with Crippen LogP contribution in [-0.4, -0.2) is 35.3 Å². The van der Waals surface area contributed by atoms with Gasteiger partial charge in [0, 0.05) is 42.6 Å². The number of carbonyl (C=O) groups is 1. The molecule has 1 aromatic carbocycles. The minimum atomic E-state index is -0.306. The lowest BCUT2D eigenvalue weighted by Crippen LogP contribution is -2.40. The Kier molecular flexibility index (Phi) is 3.15. The summed E-state index contributed by atoms with van der Waals surface area (Å²) >= 11 is 0. The van der Waals surface area contributed by atoms with Gasteiger partial charge >= 0.3 is 0 Å². The van der Waals surface area contributed by atoms with E-state index < -0.39 is 0 Å². The van der Waals surface area contributed by atoms with Crippen LogP contribution in [0.1, 0.15) is 24.8 Å². The van der Waals surface area contributed by atoms with Gasteiger partial charge in [-0.3, -0.25) is 14.5 Å². The maximum absolute atomic E-state index is 12.4. The molecule has 2 N–H and O–H groups in total. The normalized spacial score (nSPS) is 16.7. The third kappa shape index (κ3) is 2.30. The molecular weight excluding hydrogens is 368 g/mol. The van der Waals surface area contributed by atoms with Gasteiger partial charge in [-0.2, -0.15) is 10.1 Å². The van der Waals surface area contributed by atoms with Crippen LogP contribution in [0, 0.1) is 0 Å². The highest BCUT2D eigenvalue weighted by Crippen LogP contribution is 2.51. The first kappa shape index (κ1) is 16.2. The monoisotopic (exact) mass is 386 g/mol. The molecule has 2 aliphatic rings. The van der Waals surface area contributed by atoms with Gasteiger partial charge in [-0.1, -0.05) is 12.5 Å². The van der Waals surface area contributed by atoms with E-state index in [0.717, 1.165) is 41.8 Å². The minimum Gasteiger partial charge on any atom is -0.325 e. The van der Waals surface area contributed by atoms with Gasteiger partial charge in [0.15, 0.2) is 5.65 Å². The van der Waals surface area contributed by atoms with Crippen molar-refractivity contribution in [1.29, 1.82) is 0 Å². The van der Waals surface area contributed by atoms with E-state index in [2.05, 4.69) is 30.8 Å². The van der Waals surface area contributed by atoms with Gasteiger partial charge < -0.3 is 10.6 Å². The number of benzene rings is 1. The Morgan fingerprint density at radius 1 is 1.28 bits per heavy atom. The van der Waals surface area contributed by atoms with Crippen molar-refractivity contribution in [1.82, 2.24) is 29.4 Å². The average molecular weight is 386 g/mol. The van der Waals surface area contributed by atoms with E-state index in [1.807, 2.05) is 31.4 Å². The third-order valence-electron chi connectivity index (χ3n) is 5.91. The Hall–Kier alpha value is -3.75. The van der Waals surface area contributed by atoms with Crippen molar-refractivity contribution < 1.29 is 4.79 Å². The molecule has 1 aliphatic heterocycles. The lowest BCUT2D eigenvalue weighted by molar-refractivity contribution is -0.123. The molecule has 144 valence electrons. The number of anilines is 3. The van der Waals surface area contributed by atoms with Crippen LogP contribution in [0.2, 0.25) is 0 Å². The number of fused-ring (bicyclic) bond motifs is 3. The average Bonchev–Trinajstić information content (AvgIpc) is 3.34. The highest BCUT2D eigenvalue weighted by molar-refractivity contribution is 6.07. The number of hydrogen-bond acceptors (Lipinski definition) is 6. The molecule has 4 heterocycles. The molecule has 4 aromatic rings. The van der Waals surface area contributed by atoms with Gasteiger partial charge in [-0.05, 0) is 30.5 Å². The van der Waals surface area contributed by atoms with E-state index in [9.17, 15) is 4.79 Å². The Morgan fingerprint density at radius 3 is 2.93 bits per heavy atom. The number of aromatic nitrogens is 6. The van der Waals surface area contributed by atoms with Crippen LogP contribution in [0.3, 0.4) is 0 Å². The summed E-state index contributed by atoms with van der Waals surface area (Å²) < 4.78 is 3.42. The van der Waals surface area contributed by atoms with Crippen molar-refractivity contribution >= 4 is 28.9 Å². The fraction of sp³-hybridized carbons (Fsp3) is 0.250. The van der Waals surface area contributed by atoms with Crippen LogP contribution < -0.4 is 10.6 Å². The smallest absolute Gasteiger partial charge is 0.247 e. The van der Waals surface area contributed by atoms with Crippen LogP contribution >= 0.6 is 0 Å². The van der Waals surface area contributed by atoms with Crippen LogP contribution in [0.25, 0.3) is 16.9 Å². The van der Waals surface area contributed by atoms with Crippen molar-refractivity contribution in [3.8, 4) is 11.3 Å². The zero-order valence-electron chi connectivity index (χ0n) is 15.8. The second-order valence-electron chi connectivity index (χ2n) is 7.66. The van der Waals surface area contributed by atoms with E-state index in [1.54, 1.807) is 27.8 Å². The first-order valence-corrected chi connectivity index (χ1v) is 9.56. The zero-order chi connectivity index (χ0) is 19.6. The number of rotatable bonds is 3. The SMILES string of the molecule is Cn1cc(-c2nccn3nc(Nc4ccc5c(c4)NC(=O)C54CCC4)nc23)cn1. The number of amides is 1. The number of hydrogen-bond donors (Lipinski definition) is 2. The molecule has 1 aliphatic carbocycles. The molecular formula is C20H18N8O. The first-order chi connectivity index (χ1) is 14.1. The maximum atomic E-state index is 12.4. The first-order valence-electron chi connectivity index (χ1n) is 9.56. The van der Waals surface area contributed by atoms with Crippen LogP contribution in [0.15, 0.2) is 43.0 Å². The molecule has 1 saturated carbocycles. The number of aryl methyl sites for hydroxylation is 1. The Morgan fingerprint density at radius 2 is 2.17 bits per heavy atom. The Labute approximate surface area is 165 Å².